The van der Waals surface area contributed by atoms with Crippen molar-refractivity contribution >= 4 is 0 Å². The van der Waals surface area contributed by atoms with E-state index < -0.39 is 0 Å². The van der Waals surface area contributed by atoms with Crippen molar-refractivity contribution in [3.8, 4) is 0 Å². The molecule has 15 heavy (non-hydrogen) atoms. The van der Waals surface area contributed by atoms with Crippen molar-refractivity contribution in [2.24, 2.45) is 5.92 Å². The van der Waals surface area contributed by atoms with E-state index >= 15 is 0 Å². The second-order valence-corrected chi connectivity index (χ2v) is 4.64. The summed E-state index contributed by atoms with van der Waals surface area (Å²) in [7, 11) is 0. The highest BCUT2D eigenvalue weighted by Gasteiger charge is 2.20. The normalized spacial score (nSPS) is 35.0. The van der Waals surface area contributed by atoms with Crippen molar-refractivity contribution in [2.45, 2.75) is 13.0 Å². The lowest BCUT2D eigenvalue weighted by molar-refractivity contribution is -0.0976. The fraction of sp³-hybridized carbons (Fsp3) is 1.00. The van der Waals surface area contributed by atoms with Gasteiger partial charge < -0.3 is 14.8 Å². The minimum absolute atomic E-state index is 0.282. The molecule has 2 unspecified atom stereocenters. The van der Waals surface area contributed by atoms with Gasteiger partial charge in [-0.3, -0.25) is 4.90 Å². The molecule has 0 saturated carbocycles. The fourth-order valence-electron chi connectivity index (χ4n) is 2.28. The first-order chi connectivity index (χ1) is 7.34. The monoisotopic (exact) mass is 214 g/mol. The summed E-state index contributed by atoms with van der Waals surface area (Å²) in [4.78, 5) is 2.49. The molecule has 4 nitrogen and oxygen atoms in total. The molecule has 0 aromatic heterocycles. The molecule has 2 heterocycles. The highest BCUT2D eigenvalue weighted by molar-refractivity contribution is 4.74. The van der Waals surface area contributed by atoms with Crippen LogP contribution in [0.3, 0.4) is 0 Å². The predicted molar refractivity (Wildman–Crippen MR) is 59.0 cm³/mol. The third-order valence-electron chi connectivity index (χ3n) is 3.01. The van der Waals surface area contributed by atoms with Crippen LogP contribution in [0, 0.1) is 5.92 Å². The summed E-state index contributed by atoms with van der Waals surface area (Å²) in [5.41, 5.74) is 0. The topological polar surface area (TPSA) is 33.7 Å². The Morgan fingerprint density at radius 2 is 2.33 bits per heavy atom. The van der Waals surface area contributed by atoms with Gasteiger partial charge in [-0.2, -0.15) is 0 Å². The maximum absolute atomic E-state index is 5.67. The number of nitrogens with one attached hydrogen (secondary N) is 1. The summed E-state index contributed by atoms with van der Waals surface area (Å²) in [6.45, 7) is 10.1. The third-order valence-corrected chi connectivity index (χ3v) is 3.01. The maximum atomic E-state index is 5.67. The molecule has 2 atom stereocenters. The van der Waals surface area contributed by atoms with Crippen LogP contribution in [0.25, 0.3) is 0 Å². The molecule has 0 bridgehead atoms. The highest BCUT2D eigenvalue weighted by atomic mass is 16.6. The Hall–Kier alpha value is -0.160. The van der Waals surface area contributed by atoms with Crippen molar-refractivity contribution in [1.82, 2.24) is 10.2 Å². The van der Waals surface area contributed by atoms with E-state index in [-0.39, 0.29) is 6.10 Å². The van der Waals surface area contributed by atoms with E-state index in [1.165, 1.54) is 6.54 Å². The minimum atomic E-state index is 0.282. The first kappa shape index (κ1) is 11.3. The van der Waals surface area contributed by atoms with Crippen molar-refractivity contribution in [3.63, 3.8) is 0 Å². The molecule has 88 valence electrons. The van der Waals surface area contributed by atoms with Gasteiger partial charge in [-0.25, -0.2) is 0 Å². The number of nitrogens with zero attached hydrogens (tertiary/aromatic N) is 1. The summed E-state index contributed by atoms with van der Waals surface area (Å²) >= 11 is 0. The second-order valence-electron chi connectivity index (χ2n) is 4.64. The molecule has 1 N–H and O–H groups in total. The highest BCUT2D eigenvalue weighted by Crippen LogP contribution is 2.07. The van der Waals surface area contributed by atoms with Gasteiger partial charge >= 0.3 is 0 Å². The second kappa shape index (κ2) is 5.80. The van der Waals surface area contributed by atoms with E-state index in [2.05, 4.69) is 17.1 Å². The molecule has 2 fully saturated rings. The average molecular weight is 214 g/mol. The van der Waals surface area contributed by atoms with E-state index in [1.54, 1.807) is 0 Å². The van der Waals surface area contributed by atoms with Crippen LogP contribution in [0.1, 0.15) is 6.92 Å². The van der Waals surface area contributed by atoms with E-state index in [0.29, 0.717) is 0 Å². The van der Waals surface area contributed by atoms with Gasteiger partial charge in [0.2, 0.25) is 0 Å². The first-order valence-electron chi connectivity index (χ1n) is 5.97. The average Bonchev–Trinajstić information content (AvgIpc) is 2.44. The van der Waals surface area contributed by atoms with E-state index in [0.717, 1.165) is 51.9 Å². The molecule has 2 rings (SSSR count). The standard InChI is InChI=1S/C11H22N2O2/c1-10-6-12-2-3-13(7-10)8-11-9-14-4-5-15-11/h10-12H,2-9H2,1H3. The van der Waals surface area contributed by atoms with Gasteiger partial charge in [-0.05, 0) is 12.5 Å². The number of rotatable bonds is 2. The van der Waals surface area contributed by atoms with E-state index in [4.69, 9.17) is 9.47 Å². The molecular weight excluding hydrogens is 192 g/mol. The molecule has 2 saturated heterocycles. The van der Waals surface area contributed by atoms with Gasteiger partial charge in [0, 0.05) is 26.2 Å². The van der Waals surface area contributed by atoms with Crippen LogP contribution in [-0.4, -0.2) is 63.5 Å². The lowest BCUT2D eigenvalue weighted by Crippen LogP contribution is -2.42. The zero-order chi connectivity index (χ0) is 10.5. The Kier molecular flexibility index (Phi) is 4.38. The number of ether oxygens (including phenoxy) is 2. The van der Waals surface area contributed by atoms with Crippen molar-refractivity contribution in [3.05, 3.63) is 0 Å². The van der Waals surface area contributed by atoms with Crippen LogP contribution in [0.15, 0.2) is 0 Å². The Balaban J connectivity index is 1.76. The summed E-state index contributed by atoms with van der Waals surface area (Å²) in [6.07, 6.45) is 0.282. The first-order valence-corrected chi connectivity index (χ1v) is 5.97. The number of hydrogen-bond donors (Lipinski definition) is 1. The van der Waals surface area contributed by atoms with Gasteiger partial charge in [-0.1, -0.05) is 6.92 Å². The van der Waals surface area contributed by atoms with Gasteiger partial charge in [0.05, 0.1) is 25.9 Å². The summed E-state index contributed by atoms with van der Waals surface area (Å²) < 4.78 is 11.1. The van der Waals surface area contributed by atoms with Gasteiger partial charge in [0.15, 0.2) is 0 Å². The van der Waals surface area contributed by atoms with Crippen LogP contribution in [0.2, 0.25) is 0 Å². The molecule has 0 amide bonds. The van der Waals surface area contributed by atoms with Crippen LogP contribution in [-0.2, 0) is 9.47 Å². The molecule has 0 radical (unpaired) electrons. The van der Waals surface area contributed by atoms with Crippen LogP contribution in [0.5, 0.6) is 0 Å². The Bertz CT molecular complexity index is 183. The van der Waals surface area contributed by atoms with Crippen LogP contribution in [0.4, 0.5) is 0 Å². The quantitative estimate of drug-likeness (QED) is 0.698. The third kappa shape index (κ3) is 3.72. The van der Waals surface area contributed by atoms with Gasteiger partial charge in [0.1, 0.15) is 0 Å². The number of hydrogen-bond acceptors (Lipinski definition) is 4. The lowest BCUT2D eigenvalue weighted by atomic mass is 10.1. The Labute approximate surface area is 91.9 Å². The lowest BCUT2D eigenvalue weighted by Gasteiger charge is -2.29. The van der Waals surface area contributed by atoms with Crippen molar-refractivity contribution in [2.75, 3.05) is 52.5 Å². The summed E-state index contributed by atoms with van der Waals surface area (Å²) in [5, 5.41) is 3.45. The van der Waals surface area contributed by atoms with Crippen LogP contribution < -0.4 is 5.32 Å². The molecule has 0 aromatic rings. The van der Waals surface area contributed by atoms with Crippen LogP contribution >= 0.6 is 0 Å². The molecule has 0 aromatic carbocycles. The zero-order valence-electron chi connectivity index (χ0n) is 9.58. The van der Waals surface area contributed by atoms with Gasteiger partial charge in [-0.15, -0.1) is 0 Å². The molecule has 2 aliphatic heterocycles. The summed E-state index contributed by atoms with van der Waals surface area (Å²) in [6, 6.07) is 0. The van der Waals surface area contributed by atoms with E-state index in [9.17, 15) is 0 Å². The summed E-state index contributed by atoms with van der Waals surface area (Å²) in [5.74, 6) is 0.733. The largest absolute Gasteiger partial charge is 0.376 e. The van der Waals surface area contributed by atoms with E-state index in [1.807, 2.05) is 0 Å². The Morgan fingerprint density at radius 1 is 1.40 bits per heavy atom. The molecule has 4 heteroatoms. The van der Waals surface area contributed by atoms with Crippen molar-refractivity contribution in [1.29, 1.82) is 0 Å². The SMILES string of the molecule is CC1CNCCN(CC2COCCO2)C1. The van der Waals surface area contributed by atoms with Gasteiger partial charge in [0.25, 0.3) is 0 Å². The Morgan fingerprint density at radius 3 is 3.13 bits per heavy atom. The molecule has 2 aliphatic rings. The minimum Gasteiger partial charge on any atom is -0.376 e. The maximum Gasteiger partial charge on any atom is 0.0936 e. The molecule has 0 aliphatic carbocycles. The fourth-order valence-corrected chi connectivity index (χ4v) is 2.28. The zero-order valence-corrected chi connectivity index (χ0v) is 9.58. The smallest absolute Gasteiger partial charge is 0.0936 e. The molecule has 0 spiro atoms. The predicted octanol–water partition coefficient (Wildman–Crippen LogP) is -0.0569. The molecular formula is C11H22N2O2. The van der Waals surface area contributed by atoms with Crippen molar-refractivity contribution < 1.29 is 9.47 Å².